The minimum Gasteiger partial charge on any atom is -0.377 e. The van der Waals surface area contributed by atoms with Crippen LogP contribution in [0.15, 0.2) is 40.9 Å². The van der Waals surface area contributed by atoms with E-state index in [2.05, 4.69) is 38.1 Å². The summed E-state index contributed by atoms with van der Waals surface area (Å²) in [5, 5.41) is 6.28. The highest BCUT2D eigenvalue weighted by Gasteiger charge is 2.48. The number of hydrogen-bond donors (Lipinski definition) is 0. The molecule has 1 spiro atoms. The van der Waals surface area contributed by atoms with Crippen LogP contribution in [-0.2, 0) is 6.54 Å². The largest absolute Gasteiger partial charge is 0.377 e. The lowest BCUT2D eigenvalue weighted by Gasteiger charge is -2.57. The second kappa shape index (κ2) is 7.93. The maximum absolute atomic E-state index is 13.7. The summed E-state index contributed by atoms with van der Waals surface area (Å²) in [4.78, 5) is 20.4. The van der Waals surface area contributed by atoms with Gasteiger partial charge in [0, 0.05) is 68.0 Å². The van der Waals surface area contributed by atoms with Crippen LogP contribution in [0, 0.1) is 13.8 Å². The molecule has 2 aromatic carbocycles. The Morgan fingerprint density at radius 2 is 1.88 bits per heavy atom. The molecule has 0 aliphatic carbocycles. The SMILES string of the molecule is Cc1noc(C)c1CN1CC[C@]12CCCN(C(=O)c1ccc(N(C)C)c3ccccc13)C2. The van der Waals surface area contributed by atoms with Gasteiger partial charge in [-0.1, -0.05) is 29.4 Å². The Balaban J connectivity index is 1.41. The van der Waals surface area contributed by atoms with Gasteiger partial charge in [-0.3, -0.25) is 9.69 Å². The Hall–Kier alpha value is -2.86. The second-order valence-corrected chi connectivity index (χ2v) is 9.60. The summed E-state index contributed by atoms with van der Waals surface area (Å²) in [6.45, 7) is 7.52. The molecular formula is C26H32N4O2. The fourth-order valence-corrected chi connectivity index (χ4v) is 5.53. The third-order valence-corrected chi connectivity index (χ3v) is 7.50. The van der Waals surface area contributed by atoms with Crippen molar-refractivity contribution in [2.75, 3.05) is 38.6 Å². The summed E-state index contributed by atoms with van der Waals surface area (Å²) in [6.07, 6.45) is 3.32. The number of likely N-dealkylation sites (tertiary alicyclic amines) is 2. The van der Waals surface area contributed by atoms with E-state index < -0.39 is 0 Å². The lowest BCUT2D eigenvalue weighted by molar-refractivity contribution is -0.0651. The van der Waals surface area contributed by atoms with Crippen molar-refractivity contribution in [3.63, 3.8) is 0 Å². The van der Waals surface area contributed by atoms with Crippen molar-refractivity contribution in [1.82, 2.24) is 15.0 Å². The Bertz CT molecular complexity index is 1150. The topological polar surface area (TPSA) is 52.8 Å². The lowest BCUT2D eigenvalue weighted by atomic mass is 9.77. The van der Waals surface area contributed by atoms with Crippen LogP contribution in [0.5, 0.6) is 0 Å². The molecule has 2 aliphatic heterocycles. The smallest absolute Gasteiger partial charge is 0.254 e. The van der Waals surface area contributed by atoms with Crippen LogP contribution >= 0.6 is 0 Å². The van der Waals surface area contributed by atoms with E-state index in [1.54, 1.807) is 0 Å². The molecule has 5 rings (SSSR count). The zero-order valence-electron chi connectivity index (χ0n) is 19.5. The number of aryl methyl sites for hydroxylation is 2. The molecule has 3 heterocycles. The highest BCUT2D eigenvalue weighted by Crippen LogP contribution is 2.41. The van der Waals surface area contributed by atoms with E-state index >= 15 is 0 Å². The fourth-order valence-electron chi connectivity index (χ4n) is 5.53. The standard InChI is InChI=1S/C26H32N4O2/c1-18-23(19(2)32-27-18)16-30-15-13-26(30)12-7-14-29(17-26)25(31)22-10-11-24(28(3)4)21-9-6-5-8-20(21)22/h5-6,8-11H,7,12-17H2,1-4H3/t26-/m0/s1. The molecule has 2 fully saturated rings. The van der Waals surface area contributed by atoms with Crippen molar-refractivity contribution < 1.29 is 9.32 Å². The summed E-state index contributed by atoms with van der Waals surface area (Å²) in [5.74, 6) is 1.05. The zero-order chi connectivity index (χ0) is 22.5. The highest BCUT2D eigenvalue weighted by molar-refractivity contribution is 6.10. The number of rotatable bonds is 4. The van der Waals surface area contributed by atoms with E-state index in [0.717, 1.165) is 78.9 Å². The maximum Gasteiger partial charge on any atom is 0.254 e. The van der Waals surface area contributed by atoms with Crippen molar-refractivity contribution in [1.29, 1.82) is 0 Å². The molecule has 0 radical (unpaired) electrons. The van der Waals surface area contributed by atoms with Gasteiger partial charge in [0.1, 0.15) is 5.76 Å². The molecule has 3 aromatic rings. The number of nitrogens with zero attached hydrogens (tertiary/aromatic N) is 4. The van der Waals surface area contributed by atoms with Gasteiger partial charge in [0.05, 0.1) is 5.69 Å². The molecule has 32 heavy (non-hydrogen) atoms. The summed E-state index contributed by atoms with van der Waals surface area (Å²) < 4.78 is 5.38. The predicted molar refractivity (Wildman–Crippen MR) is 127 cm³/mol. The zero-order valence-corrected chi connectivity index (χ0v) is 19.5. The van der Waals surface area contributed by atoms with Gasteiger partial charge in [0.2, 0.25) is 0 Å². The normalized spacial score (nSPS) is 21.2. The van der Waals surface area contributed by atoms with Crippen LogP contribution < -0.4 is 4.90 Å². The van der Waals surface area contributed by atoms with Crippen LogP contribution in [0.25, 0.3) is 10.8 Å². The average Bonchev–Trinajstić information content (AvgIpc) is 3.12. The van der Waals surface area contributed by atoms with Crippen LogP contribution in [0.3, 0.4) is 0 Å². The molecule has 0 saturated carbocycles. The Morgan fingerprint density at radius 3 is 2.53 bits per heavy atom. The van der Waals surface area contributed by atoms with Crippen LogP contribution in [0.2, 0.25) is 0 Å². The molecular weight excluding hydrogens is 400 g/mol. The summed E-state index contributed by atoms with van der Waals surface area (Å²) in [7, 11) is 4.09. The van der Waals surface area contributed by atoms with E-state index in [-0.39, 0.29) is 11.4 Å². The van der Waals surface area contributed by atoms with E-state index in [1.807, 2.05) is 46.1 Å². The van der Waals surface area contributed by atoms with Crippen LogP contribution in [0.4, 0.5) is 5.69 Å². The molecule has 0 N–H and O–H groups in total. The molecule has 2 saturated heterocycles. The van der Waals surface area contributed by atoms with Gasteiger partial charge >= 0.3 is 0 Å². The molecule has 1 atom stereocenters. The summed E-state index contributed by atoms with van der Waals surface area (Å²) in [5.41, 5.74) is 4.18. The van der Waals surface area contributed by atoms with Gasteiger partial charge in [-0.2, -0.15) is 0 Å². The number of piperidine rings is 1. The number of carbonyl (C=O) groups excluding carboxylic acids is 1. The van der Waals surface area contributed by atoms with Crippen LogP contribution in [-0.4, -0.2) is 60.1 Å². The van der Waals surface area contributed by atoms with E-state index in [9.17, 15) is 4.79 Å². The predicted octanol–water partition coefficient (Wildman–Crippen LogP) is 4.39. The third-order valence-electron chi connectivity index (χ3n) is 7.50. The van der Waals surface area contributed by atoms with Gasteiger partial charge in [-0.05, 0) is 50.6 Å². The average molecular weight is 433 g/mol. The monoisotopic (exact) mass is 432 g/mol. The number of anilines is 1. The van der Waals surface area contributed by atoms with Crippen molar-refractivity contribution in [2.45, 2.75) is 45.2 Å². The lowest BCUT2D eigenvalue weighted by Crippen LogP contribution is -2.67. The quantitative estimate of drug-likeness (QED) is 0.612. The number of fused-ring (bicyclic) bond motifs is 1. The van der Waals surface area contributed by atoms with Crippen molar-refractivity contribution in [2.24, 2.45) is 0 Å². The number of carbonyl (C=O) groups is 1. The molecule has 1 aromatic heterocycles. The van der Waals surface area contributed by atoms with Gasteiger partial charge < -0.3 is 14.3 Å². The van der Waals surface area contributed by atoms with Crippen molar-refractivity contribution >= 4 is 22.4 Å². The first-order valence-corrected chi connectivity index (χ1v) is 11.5. The number of hydrogen-bond acceptors (Lipinski definition) is 5. The van der Waals surface area contributed by atoms with Gasteiger partial charge in [-0.15, -0.1) is 0 Å². The summed E-state index contributed by atoms with van der Waals surface area (Å²) >= 11 is 0. The van der Waals surface area contributed by atoms with E-state index in [0.29, 0.717) is 0 Å². The molecule has 0 bridgehead atoms. The van der Waals surface area contributed by atoms with Crippen molar-refractivity contribution in [3.05, 3.63) is 59.0 Å². The number of aromatic nitrogens is 1. The van der Waals surface area contributed by atoms with Crippen molar-refractivity contribution in [3.8, 4) is 0 Å². The van der Waals surface area contributed by atoms with Gasteiger partial charge in [0.15, 0.2) is 0 Å². The molecule has 0 unspecified atom stereocenters. The first kappa shape index (κ1) is 21.0. The first-order valence-electron chi connectivity index (χ1n) is 11.5. The van der Waals surface area contributed by atoms with E-state index in [1.165, 1.54) is 5.56 Å². The minimum absolute atomic E-state index is 0.0729. The molecule has 2 aliphatic rings. The molecule has 6 heteroatoms. The molecule has 168 valence electrons. The Kier molecular flexibility index (Phi) is 5.20. The van der Waals surface area contributed by atoms with Gasteiger partial charge in [-0.25, -0.2) is 0 Å². The minimum atomic E-state index is 0.0729. The van der Waals surface area contributed by atoms with Gasteiger partial charge in [0.25, 0.3) is 5.91 Å². The highest BCUT2D eigenvalue weighted by atomic mass is 16.5. The molecule has 6 nitrogen and oxygen atoms in total. The fraction of sp³-hybridized carbons (Fsp3) is 0.462. The number of benzene rings is 2. The number of amides is 1. The summed E-state index contributed by atoms with van der Waals surface area (Å²) in [6, 6.07) is 12.3. The first-order chi connectivity index (χ1) is 15.4. The second-order valence-electron chi connectivity index (χ2n) is 9.60. The molecule has 1 amide bonds. The Morgan fingerprint density at radius 1 is 1.09 bits per heavy atom. The van der Waals surface area contributed by atoms with E-state index in [4.69, 9.17) is 4.52 Å². The third kappa shape index (κ3) is 3.37. The maximum atomic E-state index is 13.7. The Labute approximate surface area is 189 Å². The van der Waals surface area contributed by atoms with Crippen LogP contribution in [0.1, 0.15) is 46.6 Å².